The van der Waals surface area contributed by atoms with Crippen molar-refractivity contribution < 1.29 is 5.11 Å². The summed E-state index contributed by atoms with van der Waals surface area (Å²) in [7, 11) is 0. The van der Waals surface area contributed by atoms with Gasteiger partial charge in [-0.05, 0) is 11.1 Å². The van der Waals surface area contributed by atoms with Gasteiger partial charge in [-0.3, -0.25) is 0 Å². The molecule has 2 rings (SSSR count). The van der Waals surface area contributed by atoms with Crippen molar-refractivity contribution in [2.45, 2.75) is 5.92 Å². The van der Waals surface area contributed by atoms with Crippen molar-refractivity contribution in [3.63, 3.8) is 0 Å². The molecule has 16 heavy (non-hydrogen) atoms. The predicted octanol–water partition coefficient (Wildman–Crippen LogP) is 3.23. The number of aliphatic hydroxyl groups is 1. The normalized spacial score (nSPS) is 9.88. The highest BCUT2D eigenvalue weighted by Gasteiger charge is 2.11. The molecule has 0 unspecified atom stereocenters. The first-order valence-corrected chi connectivity index (χ1v) is 5.12. The highest BCUT2D eigenvalue weighted by molar-refractivity contribution is 5.85. The minimum Gasteiger partial charge on any atom is -0.395 e. The van der Waals surface area contributed by atoms with E-state index in [-0.39, 0.29) is 24.9 Å². The summed E-state index contributed by atoms with van der Waals surface area (Å²) in [6.45, 7) is 0.147. The van der Waals surface area contributed by atoms with Gasteiger partial charge in [-0.2, -0.15) is 0 Å². The summed E-state index contributed by atoms with van der Waals surface area (Å²) >= 11 is 0. The maximum absolute atomic E-state index is 9.43. The van der Waals surface area contributed by atoms with Crippen molar-refractivity contribution in [1.82, 2.24) is 0 Å². The van der Waals surface area contributed by atoms with E-state index in [9.17, 15) is 5.11 Å². The first kappa shape index (κ1) is 12.8. The Bertz CT molecular complexity index is 360. The van der Waals surface area contributed by atoms with Crippen LogP contribution in [0.5, 0.6) is 0 Å². The molecule has 0 spiro atoms. The summed E-state index contributed by atoms with van der Waals surface area (Å²) in [5.41, 5.74) is 2.32. The topological polar surface area (TPSA) is 20.2 Å². The summed E-state index contributed by atoms with van der Waals surface area (Å²) in [6.07, 6.45) is 0. The van der Waals surface area contributed by atoms with Gasteiger partial charge >= 0.3 is 0 Å². The van der Waals surface area contributed by atoms with Crippen LogP contribution >= 0.6 is 12.4 Å². The molecule has 0 amide bonds. The molecule has 0 aliphatic heterocycles. The molecule has 0 fully saturated rings. The Balaban J connectivity index is 0.00000128. The molecule has 0 aliphatic carbocycles. The van der Waals surface area contributed by atoms with Gasteiger partial charge in [-0.25, -0.2) is 0 Å². The van der Waals surface area contributed by atoms with Crippen LogP contribution in [0.25, 0.3) is 0 Å². The number of halogens is 1. The van der Waals surface area contributed by atoms with Crippen LogP contribution in [0.4, 0.5) is 0 Å². The van der Waals surface area contributed by atoms with Gasteiger partial charge in [-0.15, -0.1) is 12.4 Å². The number of hydrogen-bond donors (Lipinski definition) is 1. The number of aliphatic hydroxyl groups excluding tert-OH is 1. The highest BCUT2D eigenvalue weighted by Crippen LogP contribution is 2.23. The molecule has 2 heteroatoms. The van der Waals surface area contributed by atoms with Crippen LogP contribution in [0.3, 0.4) is 0 Å². The molecule has 0 saturated heterocycles. The molecule has 0 atom stereocenters. The van der Waals surface area contributed by atoms with Crippen molar-refractivity contribution in [1.29, 1.82) is 0 Å². The fourth-order valence-corrected chi connectivity index (χ4v) is 1.77. The van der Waals surface area contributed by atoms with Crippen LogP contribution in [-0.2, 0) is 0 Å². The Kier molecular flexibility index (Phi) is 5.03. The minimum atomic E-state index is 0. The van der Waals surface area contributed by atoms with E-state index in [1.807, 2.05) is 60.7 Å². The zero-order chi connectivity index (χ0) is 10.5. The molecule has 1 nitrogen and oxygen atoms in total. The van der Waals surface area contributed by atoms with Gasteiger partial charge in [0.25, 0.3) is 0 Å². The van der Waals surface area contributed by atoms with E-state index in [0.29, 0.717) is 0 Å². The Morgan fingerprint density at radius 1 is 0.750 bits per heavy atom. The van der Waals surface area contributed by atoms with Crippen LogP contribution in [0.2, 0.25) is 0 Å². The van der Waals surface area contributed by atoms with Gasteiger partial charge in [0.15, 0.2) is 0 Å². The second-order valence-electron chi connectivity index (χ2n) is 3.56. The van der Waals surface area contributed by atoms with E-state index in [2.05, 4.69) is 0 Å². The standard InChI is InChI=1S/C14H14O.ClH/c15-11-14(12-7-3-1-4-8-12)13-9-5-2-6-10-13;/h1-10,14-15H,11H2;1H. The summed E-state index contributed by atoms with van der Waals surface area (Å²) in [4.78, 5) is 0. The Labute approximate surface area is 102 Å². The molecular weight excluding hydrogens is 220 g/mol. The first-order chi connectivity index (χ1) is 7.42. The third kappa shape index (κ3) is 2.84. The molecular formula is C14H15ClO. The molecule has 0 heterocycles. The van der Waals surface area contributed by atoms with Crippen LogP contribution in [0, 0.1) is 0 Å². The van der Waals surface area contributed by atoms with Crippen LogP contribution in [-0.4, -0.2) is 11.7 Å². The van der Waals surface area contributed by atoms with Gasteiger partial charge in [-0.1, -0.05) is 60.7 Å². The number of benzene rings is 2. The Hall–Kier alpha value is -1.31. The fraction of sp³-hybridized carbons (Fsp3) is 0.143. The van der Waals surface area contributed by atoms with Crippen molar-refractivity contribution in [2.75, 3.05) is 6.61 Å². The maximum atomic E-state index is 9.43. The van der Waals surface area contributed by atoms with E-state index >= 15 is 0 Å². The predicted molar refractivity (Wildman–Crippen MR) is 69.1 cm³/mol. The van der Waals surface area contributed by atoms with Gasteiger partial charge < -0.3 is 5.11 Å². The second kappa shape index (κ2) is 6.31. The Morgan fingerprint density at radius 2 is 1.12 bits per heavy atom. The lowest BCUT2D eigenvalue weighted by Crippen LogP contribution is -2.05. The molecule has 2 aromatic carbocycles. The zero-order valence-corrected chi connectivity index (χ0v) is 9.73. The number of hydrogen-bond acceptors (Lipinski definition) is 1. The molecule has 0 saturated carbocycles. The van der Waals surface area contributed by atoms with Crippen LogP contribution in [0.1, 0.15) is 17.0 Å². The molecule has 0 radical (unpaired) electrons. The third-order valence-electron chi connectivity index (χ3n) is 2.59. The van der Waals surface area contributed by atoms with E-state index in [1.165, 1.54) is 0 Å². The third-order valence-corrected chi connectivity index (χ3v) is 2.59. The molecule has 1 N–H and O–H groups in total. The lowest BCUT2D eigenvalue weighted by atomic mass is 9.92. The van der Waals surface area contributed by atoms with Crippen molar-refractivity contribution in [3.8, 4) is 0 Å². The van der Waals surface area contributed by atoms with Gasteiger partial charge in [0, 0.05) is 5.92 Å². The summed E-state index contributed by atoms with van der Waals surface area (Å²) < 4.78 is 0. The van der Waals surface area contributed by atoms with Crippen LogP contribution in [0.15, 0.2) is 60.7 Å². The van der Waals surface area contributed by atoms with E-state index in [1.54, 1.807) is 0 Å². The van der Waals surface area contributed by atoms with E-state index in [4.69, 9.17) is 0 Å². The zero-order valence-electron chi connectivity index (χ0n) is 8.91. The second-order valence-corrected chi connectivity index (χ2v) is 3.56. The van der Waals surface area contributed by atoms with Gasteiger partial charge in [0.05, 0.1) is 6.61 Å². The minimum absolute atomic E-state index is 0. The molecule has 0 aliphatic rings. The molecule has 2 aromatic rings. The lowest BCUT2D eigenvalue weighted by Gasteiger charge is -2.14. The van der Waals surface area contributed by atoms with Crippen LogP contribution < -0.4 is 0 Å². The average molecular weight is 235 g/mol. The van der Waals surface area contributed by atoms with Gasteiger partial charge in [0.2, 0.25) is 0 Å². The SMILES string of the molecule is Cl.OCC(c1ccccc1)c1ccccc1. The van der Waals surface area contributed by atoms with E-state index < -0.39 is 0 Å². The largest absolute Gasteiger partial charge is 0.395 e. The van der Waals surface area contributed by atoms with Gasteiger partial charge in [0.1, 0.15) is 0 Å². The lowest BCUT2D eigenvalue weighted by molar-refractivity contribution is 0.280. The maximum Gasteiger partial charge on any atom is 0.0540 e. The van der Waals surface area contributed by atoms with Crippen molar-refractivity contribution >= 4 is 12.4 Å². The van der Waals surface area contributed by atoms with E-state index in [0.717, 1.165) is 11.1 Å². The molecule has 0 aromatic heterocycles. The molecule has 0 bridgehead atoms. The quantitative estimate of drug-likeness (QED) is 0.865. The highest BCUT2D eigenvalue weighted by atomic mass is 35.5. The summed E-state index contributed by atoms with van der Waals surface area (Å²) in [5.74, 6) is 0.0902. The van der Waals surface area contributed by atoms with Crippen molar-refractivity contribution in [2.24, 2.45) is 0 Å². The smallest absolute Gasteiger partial charge is 0.0540 e. The monoisotopic (exact) mass is 234 g/mol. The first-order valence-electron chi connectivity index (χ1n) is 5.12. The van der Waals surface area contributed by atoms with Crippen molar-refractivity contribution in [3.05, 3.63) is 71.8 Å². The average Bonchev–Trinajstić information content (AvgIpc) is 2.33. The molecule has 84 valence electrons. The fourth-order valence-electron chi connectivity index (χ4n) is 1.77. The summed E-state index contributed by atoms with van der Waals surface area (Å²) in [6, 6.07) is 20.2. The summed E-state index contributed by atoms with van der Waals surface area (Å²) in [5, 5.41) is 9.43. The number of rotatable bonds is 3. The Morgan fingerprint density at radius 3 is 1.44 bits per heavy atom.